The van der Waals surface area contributed by atoms with E-state index in [0.717, 1.165) is 55.6 Å². The molecule has 4 rings (SSSR count). The van der Waals surface area contributed by atoms with Crippen LogP contribution in [0.3, 0.4) is 0 Å². The van der Waals surface area contributed by atoms with Crippen molar-refractivity contribution in [3.05, 3.63) is 41.8 Å². The van der Waals surface area contributed by atoms with Gasteiger partial charge in [-0.1, -0.05) is 19.3 Å². The molecule has 0 saturated heterocycles. The fraction of sp³-hybridized carbons (Fsp3) is 0.440. The number of benzene rings is 1. The highest BCUT2D eigenvalue weighted by molar-refractivity contribution is 5.83. The molecule has 1 aliphatic carbocycles. The highest BCUT2D eigenvalue weighted by Crippen LogP contribution is 2.31. The van der Waals surface area contributed by atoms with Crippen molar-refractivity contribution in [3.8, 4) is 6.07 Å². The molecule has 0 aliphatic heterocycles. The molecule has 2 heterocycles. The molecule has 1 aromatic carbocycles. The Morgan fingerprint density at radius 1 is 1.29 bits per heavy atom. The number of nitrogens with zero attached hydrogens (tertiary/aromatic N) is 4. The van der Waals surface area contributed by atoms with Gasteiger partial charge in [0, 0.05) is 23.7 Å². The molecule has 9 nitrogen and oxygen atoms in total. The number of nitrogens with one attached hydrogen (secondary N) is 3. The first-order valence-electron chi connectivity index (χ1n) is 12.0. The number of aromatic nitrogens is 3. The van der Waals surface area contributed by atoms with E-state index in [2.05, 4.69) is 26.0 Å². The number of nitriles is 1. The van der Waals surface area contributed by atoms with Gasteiger partial charge in [-0.2, -0.15) is 10.4 Å². The predicted molar refractivity (Wildman–Crippen MR) is 132 cm³/mol. The van der Waals surface area contributed by atoms with E-state index in [0.29, 0.717) is 5.69 Å². The third-order valence-corrected chi connectivity index (χ3v) is 6.65. The quantitative estimate of drug-likeness (QED) is 0.349. The van der Waals surface area contributed by atoms with Gasteiger partial charge in [-0.15, -0.1) is 0 Å². The smallest absolute Gasteiger partial charge is 0.404 e. The van der Waals surface area contributed by atoms with Gasteiger partial charge in [0.05, 0.1) is 23.3 Å². The molecule has 1 saturated carbocycles. The zero-order valence-electron chi connectivity index (χ0n) is 19.9. The number of hydrogen-bond donors (Lipinski definition) is 4. The van der Waals surface area contributed by atoms with Crippen LogP contribution in [0.4, 0.5) is 26.5 Å². The number of hydrogen-bond acceptors (Lipinski definition) is 6. The summed E-state index contributed by atoms with van der Waals surface area (Å²) in [4.78, 5) is 15.7. The summed E-state index contributed by atoms with van der Waals surface area (Å²) in [6.45, 7) is 4.54. The maximum absolute atomic E-state index is 15.0. The molecular weight excluding hydrogens is 449 g/mol. The van der Waals surface area contributed by atoms with Crippen molar-refractivity contribution in [3.63, 3.8) is 0 Å². The zero-order chi connectivity index (χ0) is 24.9. The Morgan fingerprint density at radius 3 is 2.74 bits per heavy atom. The molecule has 2 aromatic heterocycles. The van der Waals surface area contributed by atoms with Crippen molar-refractivity contribution in [1.29, 1.82) is 5.26 Å². The average molecular weight is 480 g/mol. The fourth-order valence-electron chi connectivity index (χ4n) is 4.91. The van der Waals surface area contributed by atoms with Gasteiger partial charge in [0.1, 0.15) is 6.07 Å². The summed E-state index contributed by atoms with van der Waals surface area (Å²) in [7, 11) is 0. The normalized spacial score (nSPS) is 15.8. The largest absolute Gasteiger partial charge is 0.465 e. The number of fused-ring (bicyclic) bond motifs is 1. The molecule has 2 atom stereocenters. The summed E-state index contributed by atoms with van der Waals surface area (Å²) < 4.78 is 16.9. The second-order valence-electron chi connectivity index (χ2n) is 8.99. The summed E-state index contributed by atoms with van der Waals surface area (Å²) >= 11 is 0. The minimum atomic E-state index is -1.13. The number of halogens is 1. The Morgan fingerprint density at radius 2 is 2.06 bits per heavy atom. The van der Waals surface area contributed by atoms with Crippen molar-refractivity contribution in [1.82, 2.24) is 20.1 Å². The van der Waals surface area contributed by atoms with Crippen molar-refractivity contribution < 1.29 is 14.3 Å². The molecule has 3 aromatic rings. The van der Waals surface area contributed by atoms with Gasteiger partial charge in [-0.05, 0) is 56.9 Å². The topological polar surface area (TPSA) is 128 Å². The standard InChI is InChI=1S/C25H30FN7O2/c1-3-33-21-10-9-19(11-18(21)14-28-33)30-23-17(13-27)12-20(26)24(32-23)31-22(15(2)29-25(34)35)16-7-5-4-6-8-16/h9-12,14-16,22,29H,3-8H2,1-2H3,(H,34,35)(H2,30,31,32)/t15-,22-/m0/s1. The van der Waals surface area contributed by atoms with Crippen molar-refractivity contribution in [2.24, 2.45) is 5.92 Å². The van der Waals surface area contributed by atoms with Crippen molar-refractivity contribution >= 4 is 34.3 Å². The second-order valence-corrected chi connectivity index (χ2v) is 8.99. The molecular formula is C25H30FN7O2. The minimum Gasteiger partial charge on any atom is -0.465 e. The zero-order valence-corrected chi connectivity index (χ0v) is 19.9. The van der Waals surface area contributed by atoms with Crippen molar-refractivity contribution in [2.45, 2.75) is 64.6 Å². The maximum atomic E-state index is 15.0. The molecule has 35 heavy (non-hydrogen) atoms. The molecule has 0 unspecified atom stereocenters. The molecule has 10 heteroatoms. The number of carbonyl (C=O) groups is 1. The molecule has 0 spiro atoms. The van der Waals surface area contributed by atoms with Crippen LogP contribution in [0.15, 0.2) is 30.5 Å². The van der Waals surface area contributed by atoms with Gasteiger partial charge >= 0.3 is 6.09 Å². The Kier molecular flexibility index (Phi) is 7.34. The minimum absolute atomic E-state index is 0.0130. The van der Waals surface area contributed by atoms with E-state index in [1.807, 2.05) is 35.9 Å². The lowest BCUT2D eigenvalue weighted by Gasteiger charge is -2.35. The number of pyridine rings is 1. The van der Waals surface area contributed by atoms with Crippen LogP contribution >= 0.6 is 0 Å². The maximum Gasteiger partial charge on any atom is 0.404 e. The van der Waals surface area contributed by atoms with E-state index in [1.165, 1.54) is 0 Å². The van der Waals surface area contributed by atoms with E-state index < -0.39 is 18.0 Å². The van der Waals surface area contributed by atoms with Gasteiger partial charge in [0.15, 0.2) is 17.5 Å². The summed E-state index contributed by atoms with van der Waals surface area (Å²) in [5.41, 5.74) is 1.76. The molecule has 1 aliphatic rings. The van der Waals surface area contributed by atoms with Crippen LogP contribution in [-0.2, 0) is 6.54 Å². The molecule has 0 radical (unpaired) electrons. The fourth-order valence-corrected chi connectivity index (χ4v) is 4.91. The van der Waals surface area contributed by atoms with E-state index in [9.17, 15) is 15.2 Å². The van der Waals surface area contributed by atoms with Crippen LogP contribution < -0.4 is 16.0 Å². The first-order chi connectivity index (χ1) is 16.9. The monoisotopic (exact) mass is 479 g/mol. The first-order valence-corrected chi connectivity index (χ1v) is 12.0. The van der Waals surface area contributed by atoms with E-state index >= 15 is 4.39 Å². The van der Waals surface area contributed by atoms with Crippen LogP contribution in [0.5, 0.6) is 0 Å². The molecule has 1 amide bonds. The Hall–Kier alpha value is -3.87. The van der Waals surface area contributed by atoms with Gasteiger partial charge in [0.25, 0.3) is 0 Å². The summed E-state index contributed by atoms with van der Waals surface area (Å²) in [5.74, 6) is -0.271. The summed E-state index contributed by atoms with van der Waals surface area (Å²) in [6, 6.07) is 8.04. The van der Waals surface area contributed by atoms with E-state index in [-0.39, 0.29) is 29.2 Å². The molecule has 0 bridgehead atoms. The van der Waals surface area contributed by atoms with Gasteiger partial charge in [-0.25, -0.2) is 14.2 Å². The predicted octanol–water partition coefficient (Wildman–Crippen LogP) is 5.22. The van der Waals surface area contributed by atoms with Crippen LogP contribution in [0, 0.1) is 23.1 Å². The Labute approximate surface area is 203 Å². The number of carboxylic acid groups (broad SMARTS) is 1. The molecule has 184 valence electrons. The van der Waals surface area contributed by atoms with E-state index in [4.69, 9.17) is 0 Å². The summed E-state index contributed by atoms with van der Waals surface area (Å²) in [6.07, 6.45) is 5.74. The van der Waals surface area contributed by atoms with E-state index in [1.54, 1.807) is 13.1 Å². The number of rotatable bonds is 8. The third-order valence-electron chi connectivity index (χ3n) is 6.65. The first kappa shape index (κ1) is 24.3. The highest BCUT2D eigenvalue weighted by Gasteiger charge is 2.30. The highest BCUT2D eigenvalue weighted by atomic mass is 19.1. The van der Waals surface area contributed by atoms with Crippen molar-refractivity contribution in [2.75, 3.05) is 10.6 Å². The average Bonchev–Trinajstić information content (AvgIpc) is 3.26. The van der Waals surface area contributed by atoms with Gasteiger partial charge in [0.2, 0.25) is 0 Å². The van der Waals surface area contributed by atoms with Crippen LogP contribution in [-0.4, -0.2) is 38.0 Å². The Balaban J connectivity index is 1.63. The SMILES string of the molecule is CCn1ncc2cc(Nc3nc(N[C@H](C4CCCCC4)[C@H](C)NC(=O)O)c(F)cc3C#N)ccc21. The molecule has 4 N–H and O–H groups in total. The third kappa shape index (κ3) is 5.45. The van der Waals surface area contributed by atoms with Crippen LogP contribution in [0.2, 0.25) is 0 Å². The lowest BCUT2D eigenvalue weighted by Crippen LogP contribution is -2.49. The van der Waals surface area contributed by atoms with Crippen LogP contribution in [0.1, 0.15) is 51.5 Å². The Bertz CT molecular complexity index is 1250. The van der Waals surface area contributed by atoms with Crippen LogP contribution in [0.25, 0.3) is 10.9 Å². The number of amides is 1. The second kappa shape index (κ2) is 10.6. The van der Waals surface area contributed by atoms with Gasteiger partial charge in [-0.3, -0.25) is 4.68 Å². The molecule has 1 fully saturated rings. The number of anilines is 3. The van der Waals surface area contributed by atoms with Gasteiger partial charge < -0.3 is 21.1 Å². The lowest BCUT2D eigenvalue weighted by molar-refractivity contribution is 0.184. The summed E-state index contributed by atoms with van der Waals surface area (Å²) in [5, 5.41) is 32.9. The number of aryl methyl sites for hydroxylation is 1. The lowest BCUT2D eigenvalue weighted by atomic mass is 9.81.